The molecule has 2 rings (SSSR count). The van der Waals surface area contributed by atoms with Gasteiger partial charge >= 0.3 is 0 Å². The average Bonchev–Trinajstić information content (AvgIpc) is 2.63. The highest BCUT2D eigenvalue weighted by atomic mass is 16.5. The Labute approximate surface area is 158 Å². The lowest BCUT2D eigenvalue weighted by Gasteiger charge is -2.41. The molecule has 2 N–H and O–H groups in total. The van der Waals surface area contributed by atoms with Crippen LogP contribution < -0.4 is 10.6 Å². The van der Waals surface area contributed by atoms with Crippen molar-refractivity contribution in [3.63, 3.8) is 0 Å². The number of nitrogens with one attached hydrogen (secondary N) is 2. The van der Waals surface area contributed by atoms with Gasteiger partial charge in [0.15, 0.2) is 5.96 Å². The molecule has 0 aliphatic heterocycles. The molecule has 0 aromatic heterocycles. The van der Waals surface area contributed by atoms with Gasteiger partial charge in [0.25, 0.3) is 0 Å². The van der Waals surface area contributed by atoms with Gasteiger partial charge < -0.3 is 20.1 Å². The fourth-order valence-electron chi connectivity index (χ4n) is 3.29. The molecule has 5 nitrogen and oxygen atoms in total. The summed E-state index contributed by atoms with van der Waals surface area (Å²) in [4.78, 5) is 4.89. The van der Waals surface area contributed by atoms with Gasteiger partial charge in [-0.15, -0.1) is 0 Å². The second-order valence-electron chi connectivity index (χ2n) is 6.93. The molecule has 0 atom stereocenters. The maximum atomic E-state index is 5.49. The quantitative estimate of drug-likeness (QED) is 0.341. The first-order chi connectivity index (χ1) is 12.8. The van der Waals surface area contributed by atoms with Crippen molar-refractivity contribution in [3.8, 4) is 0 Å². The molecule has 1 aromatic carbocycles. The first-order valence-corrected chi connectivity index (χ1v) is 9.95. The summed E-state index contributed by atoms with van der Waals surface area (Å²) in [6.07, 6.45) is 5.89. The Morgan fingerprint density at radius 2 is 1.88 bits per heavy atom. The van der Waals surface area contributed by atoms with E-state index in [1.54, 1.807) is 7.11 Å². The predicted octanol–water partition coefficient (Wildman–Crippen LogP) is 3.11. The van der Waals surface area contributed by atoms with Crippen molar-refractivity contribution in [1.82, 2.24) is 10.6 Å². The van der Waals surface area contributed by atoms with Gasteiger partial charge in [-0.2, -0.15) is 0 Å². The van der Waals surface area contributed by atoms with Crippen molar-refractivity contribution >= 4 is 5.96 Å². The normalized spacial score (nSPS) is 16.2. The minimum atomic E-state index is 0.235. The van der Waals surface area contributed by atoms with Crippen molar-refractivity contribution in [2.45, 2.75) is 44.4 Å². The second-order valence-corrected chi connectivity index (χ2v) is 6.93. The Hall–Kier alpha value is -1.59. The number of hydrogen-bond acceptors (Lipinski definition) is 3. The van der Waals surface area contributed by atoms with E-state index >= 15 is 0 Å². The number of hydrogen-bond donors (Lipinski definition) is 2. The third-order valence-electron chi connectivity index (χ3n) is 5.02. The zero-order valence-corrected chi connectivity index (χ0v) is 16.4. The highest BCUT2D eigenvalue weighted by molar-refractivity contribution is 5.79. The Morgan fingerprint density at radius 1 is 1.08 bits per heavy atom. The van der Waals surface area contributed by atoms with E-state index in [2.05, 4.69) is 47.9 Å². The molecule has 1 fully saturated rings. The molecule has 5 heteroatoms. The van der Waals surface area contributed by atoms with Gasteiger partial charge in [0.05, 0.1) is 19.8 Å². The smallest absolute Gasteiger partial charge is 0.191 e. The third kappa shape index (κ3) is 6.61. The summed E-state index contributed by atoms with van der Waals surface area (Å²) < 4.78 is 10.5. The summed E-state index contributed by atoms with van der Waals surface area (Å²) in [5.74, 6) is 0.926. The van der Waals surface area contributed by atoms with Crippen LogP contribution in [0.25, 0.3) is 0 Å². The maximum Gasteiger partial charge on any atom is 0.191 e. The number of guanidine groups is 1. The highest BCUT2D eigenvalue weighted by Crippen LogP contribution is 2.43. The van der Waals surface area contributed by atoms with Crippen molar-refractivity contribution in [3.05, 3.63) is 35.9 Å². The monoisotopic (exact) mass is 361 g/mol. The summed E-state index contributed by atoms with van der Waals surface area (Å²) in [6, 6.07) is 10.9. The molecular weight excluding hydrogens is 326 g/mol. The predicted molar refractivity (Wildman–Crippen MR) is 108 cm³/mol. The second kappa shape index (κ2) is 11.9. The number of ether oxygens (including phenoxy) is 2. The Kier molecular flexibility index (Phi) is 9.50. The molecule has 0 bridgehead atoms. The van der Waals surface area contributed by atoms with E-state index in [4.69, 9.17) is 14.5 Å². The summed E-state index contributed by atoms with van der Waals surface area (Å²) in [6.45, 7) is 6.88. The molecule has 0 radical (unpaired) electrons. The van der Waals surface area contributed by atoms with Crippen LogP contribution in [-0.4, -0.2) is 52.5 Å². The number of benzene rings is 1. The first-order valence-electron chi connectivity index (χ1n) is 9.95. The van der Waals surface area contributed by atoms with E-state index in [0.29, 0.717) is 13.2 Å². The van der Waals surface area contributed by atoms with E-state index in [9.17, 15) is 0 Å². The minimum Gasteiger partial charge on any atom is -0.382 e. The Balaban J connectivity index is 1.75. The fourth-order valence-corrected chi connectivity index (χ4v) is 3.29. The Morgan fingerprint density at radius 3 is 2.54 bits per heavy atom. The first kappa shape index (κ1) is 20.7. The molecule has 1 aromatic rings. The van der Waals surface area contributed by atoms with E-state index < -0.39 is 0 Å². The average molecular weight is 362 g/mol. The number of methoxy groups -OCH3 is 1. The molecule has 0 unspecified atom stereocenters. The van der Waals surface area contributed by atoms with Gasteiger partial charge in [0.1, 0.15) is 0 Å². The van der Waals surface area contributed by atoms with E-state index in [1.165, 1.54) is 24.8 Å². The minimum absolute atomic E-state index is 0.235. The molecule has 26 heavy (non-hydrogen) atoms. The fraction of sp³-hybridized carbons (Fsp3) is 0.667. The van der Waals surface area contributed by atoms with Crippen LogP contribution in [0.1, 0.15) is 44.6 Å². The lowest BCUT2D eigenvalue weighted by molar-refractivity contribution is 0.0689. The van der Waals surface area contributed by atoms with E-state index in [0.717, 1.165) is 45.0 Å². The molecule has 1 saturated carbocycles. The number of aliphatic imine (C=N–C) groups is 1. The number of nitrogens with zero attached hydrogens (tertiary/aromatic N) is 1. The van der Waals surface area contributed by atoms with Crippen LogP contribution >= 0.6 is 0 Å². The zero-order valence-electron chi connectivity index (χ0n) is 16.4. The van der Waals surface area contributed by atoms with Crippen LogP contribution in [-0.2, 0) is 14.9 Å². The van der Waals surface area contributed by atoms with E-state index in [-0.39, 0.29) is 5.41 Å². The van der Waals surface area contributed by atoms with Gasteiger partial charge in [0.2, 0.25) is 0 Å². The van der Waals surface area contributed by atoms with Crippen molar-refractivity contribution in [1.29, 1.82) is 0 Å². The van der Waals surface area contributed by atoms with Gasteiger partial charge in [-0.05, 0) is 38.2 Å². The maximum absolute atomic E-state index is 5.49. The van der Waals surface area contributed by atoms with E-state index in [1.807, 2.05) is 0 Å². The van der Waals surface area contributed by atoms with Crippen LogP contribution in [0.15, 0.2) is 35.3 Å². The van der Waals surface area contributed by atoms with Crippen LogP contribution in [0.2, 0.25) is 0 Å². The molecule has 0 spiro atoms. The third-order valence-corrected chi connectivity index (χ3v) is 5.02. The van der Waals surface area contributed by atoms with Gasteiger partial charge in [-0.25, -0.2) is 0 Å². The lowest BCUT2D eigenvalue weighted by Crippen LogP contribution is -2.42. The van der Waals surface area contributed by atoms with Crippen molar-refractivity contribution in [2.75, 3.05) is 46.6 Å². The summed E-state index contributed by atoms with van der Waals surface area (Å²) in [7, 11) is 1.69. The molecule has 1 aliphatic carbocycles. The Bertz CT molecular complexity index is 515. The van der Waals surface area contributed by atoms with Crippen LogP contribution in [0, 0.1) is 0 Å². The van der Waals surface area contributed by atoms with Crippen molar-refractivity contribution in [2.24, 2.45) is 4.99 Å². The molecule has 146 valence electrons. The number of rotatable bonds is 12. The topological polar surface area (TPSA) is 54.9 Å². The van der Waals surface area contributed by atoms with Gasteiger partial charge in [-0.1, -0.05) is 36.8 Å². The zero-order chi connectivity index (χ0) is 18.5. The summed E-state index contributed by atoms with van der Waals surface area (Å²) in [5.41, 5.74) is 1.66. The summed E-state index contributed by atoms with van der Waals surface area (Å²) >= 11 is 0. The van der Waals surface area contributed by atoms with Crippen LogP contribution in [0.3, 0.4) is 0 Å². The van der Waals surface area contributed by atoms with Crippen molar-refractivity contribution < 1.29 is 9.47 Å². The molecular formula is C21H35N3O2. The SMILES string of the molecule is CCNC(=NCC1(c2ccccc2)CCC1)NCCCCOCCOC. The van der Waals surface area contributed by atoms with Gasteiger partial charge in [0, 0.05) is 32.2 Å². The highest BCUT2D eigenvalue weighted by Gasteiger charge is 2.38. The lowest BCUT2D eigenvalue weighted by atomic mass is 9.64. The van der Waals surface area contributed by atoms with Crippen LogP contribution in [0.5, 0.6) is 0 Å². The van der Waals surface area contributed by atoms with Gasteiger partial charge in [-0.3, -0.25) is 4.99 Å². The molecule has 0 heterocycles. The van der Waals surface area contributed by atoms with Crippen LogP contribution in [0.4, 0.5) is 0 Å². The summed E-state index contributed by atoms with van der Waals surface area (Å²) in [5, 5.41) is 6.82. The molecule has 0 amide bonds. The standard InChI is InChI=1S/C21H35N3O2/c1-3-22-20(23-14-7-8-15-26-17-16-25-2)24-18-21(12-9-13-21)19-10-5-4-6-11-19/h4-6,10-11H,3,7-9,12-18H2,1-2H3,(H2,22,23,24). The molecule has 0 saturated heterocycles. The molecule has 1 aliphatic rings. The largest absolute Gasteiger partial charge is 0.382 e. The number of unbranched alkanes of at least 4 members (excludes halogenated alkanes) is 1.